The van der Waals surface area contributed by atoms with Gasteiger partial charge in [0.1, 0.15) is 5.75 Å². The first kappa shape index (κ1) is 21.5. The second kappa shape index (κ2) is 9.10. The minimum absolute atomic E-state index is 0.0189. The Morgan fingerprint density at radius 3 is 2.03 bits per heavy atom. The zero-order valence-electron chi connectivity index (χ0n) is 17.2. The van der Waals surface area contributed by atoms with Gasteiger partial charge in [-0.25, -0.2) is 4.79 Å². The molecular formula is C26H23ClO3. The molecule has 0 atom stereocenters. The minimum Gasteiger partial charge on any atom is -0.423 e. The second-order valence-corrected chi connectivity index (χ2v) is 8.37. The van der Waals surface area contributed by atoms with Gasteiger partial charge in [-0.05, 0) is 71.2 Å². The molecule has 152 valence electrons. The van der Waals surface area contributed by atoms with E-state index in [0.717, 1.165) is 11.1 Å². The summed E-state index contributed by atoms with van der Waals surface area (Å²) in [5, 5.41) is 0.583. The van der Waals surface area contributed by atoms with Crippen molar-refractivity contribution in [1.82, 2.24) is 0 Å². The average molecular weight is 419 g/mol. The summed E-state index contributed by atoms with van der Waals surface area (Å²) in [5.41, 5.74) is 2.91. The largest absolute Gasteiger partial charge is 0.423 e. The van der Waals surface area contributed by atoms with Gasteiger partial charge in [0, 0.05) is 10.6 Å². The average Bonchev–Trinajstić information content (AvgIpc) is 2.73. The van der Waals surface area contributed by atoms with E-state index in [-0.39, 0.29) is 11.2 Å². The smallest absolute Gasteiger partial charge is 0.343 e. The van der Waals surface area contributed by atoms with Crippen molar-refractivity contribution < 1.29 is 14.3 Å². The van der Waals surface area contributed by atoms with Gasteiger partial charge in [0.2, 0.25) is 0 Å². The van der Waals surface area contributed by atoms with Gasteiger partial charge in [-0.1, -0.05) is 62.7 Å². The highest BCUT2D eigenvalue weighted by Gasteiger charge is 2.15. The molecule has 0 unspecified atom stereocenters. The van der Waals surface area contributed by atoms with Crippen LogP contribution in [-0.4, -0.2) is 11.8 Å². The number of allylic oxidation sites excluding steroid dienone is 1. The molecule has 0 aliphatic heterocycles. The molecule has 3 nitrogen and oxygen atoms in total. The Kier molecular flexibility index (Phi) is 6.53. The molecule has 0 amide bonds. The first-order chi connectivity index (χ1) is 14.2. The fourth-order valence-corrected chi connectivity index (χ4v) is 3.03. The molecule has 3 rings (SSSR count). The first-order valence-corrected chi connectivity index (χ1v) is 10.0. The number of benzene rings is 3. The van der Waals surface area contributed by atoms with Crippen molar-refractivity contribution in [2.45, 2.75) is 26.2 Å². The summed E-state index contributed by atoms with van der Waals surface area (Å²) in [6, 6.07) is 21.2. The predicted octanol–water partition coefficient (Wildman–Crippen LogP) is 6.75. The summed E-state index contributed by atoms with van der Waals surface area (Å²) in [5.74, 6) is -0.217. The topological polar surface area (TPSA) is 43.4 Å². The Labute approximate surface area is 182 Å². The lowest BCUT2D eigenvalue weighted by molar-refractivity contribution is 0.0734. The summed E-state index contributed by atoms with van der Waals surface area (Å²) in [4.78, 5) is 24.7. The molecule has 30 heavy (non-hydrogen) atoms. The van der Waals surface area contributed by atoms with Gasteiger partial charge in [-0.15, -0.1) is 0 Å². The van der Waals surface area contributed by atoms with Gasteiger partial charge in [0.15, 0.2) is 5.78 Å². The van der Waals surface area contributed by atoms with Crippen molar-refractivity contribution in [3.8, 4) is 5.75 Å². The Morgan fingerprint density at radius 1 is 0.833 bits per heavy atom. The van der Waals surface area contributed by atoms with Crippen molar-refractivity contribution in [2.24, 2.45) is 0 Å². The number of hydrogen-bond donors (Lipinski definition) is 0. The van der Waals surface area contributed by atoms with E-state index in [1.54, 1.807) is 48.5 Å². The molecule has 0 radical (unpaired) electrons. The third-order valence-electron chi connectivity index (χ3n) is 4.66. The van der Waals surface area contributed by atoms with E-state index >= 15 is 0 Å². The first-order valence-electron chi connectivity index (χ1n) is 9.64. The number of hydrogen-bond acceptors (Lipinski definition) is 3. The summed E-state index contributed by atoms with van der Waals surface area (Å²) >= 11 is 6.09. The van der Waals surface area contributed by atoms with Gasteiger partial charge in [0.05, 0.1) is 5.56 Å². The van der Waals surface area contributed by atoms with Crippen molar-refractivity contribution >= 4 is 29.4 Å². The van der Waals surface area contributed by atoms with Crippen LogP contribution in [0.15, 0.2) is 78.9 Å². The van der Waals surface area contributed by atoms with E-state index in [2.05, 4.69) is 20.8 Å². The van der Waals surface area contributed by atoms with Crippen LogP contribution in [0.2, 0.25) is 5.02 Å². The molecular weight excluding hydrogens is 396 g/mol. The molecule has 0 aliphatic carbocycles. The quantitative estimate of drug-likeness (QED) is 0.199. The van der Waals surface area contributed by atoms with Crippen molar-refractivity contribution in [3.63, 3.8) is 0 Å². The molecule has 0 saturated carbocycles. The number of halogens is 1. The Hall–Kier alpha value is -3.17. The molecule has 0 N–H and O–H groups in total. The van der Waals surface area contributed by atoms with Crippen LogP contribution in [-0.2, 0) is 5.41 Å². The van der Waals surface area contributed by atoms with E-state index in [4.69, 9.17) is 16.3 Å². The van der Waals surface area contributed by atoms with Crippen LogP contribution < -0.4 is 4.74 Å². The number of ether oxygens (including phenoxy) is 1. The maximum atomic E-state index is 12.4. The molecule has 3 aromatic rings. The maximum absolute atomic E-state index is 12.4. The Balaban J connectivity index is 1.64. The molecule has 0 bridgehead atoms. The summed E-state index contributed by atoms with van der Waals surface area (Å²) < 4.78 is 5.42. The number of rotatable bonds is 5. The lowest BCUT2D eigenvalue weighted by Crippen LogP contribution is -2.13. The molecule has 0 fully saturated rings. The molecule has 4 heteroatoms. The third-order valence-corrected chi connectivity index (χ3v) is 5.00. The van der Waals surface area contributed by atoms with Crippen molar-refractivity contribution in [3.05, 3.63) is 106 Å². The highest BCUT2D eigenvalue weighted by Crippen LogP contribution is 2.23. The van der Waals surface area contributed by atoms with Crippen LogP contribution in [0, 0.1) is 0 Å². The molecule has 3 aromatic carbocycles. The third kappa shape index (κ3) is 5.46. The van der Waals surface area contributed by atoms with Gasteiger partial charge >= 0.3 is 5.97 Å². The second-order valence-electron chi connectivity index (χ2n) is 7.96. The van der Waals surface area contributed by atoms with Crippen molar-refractivity contribution in [1.29, 1.82) is 0 Å². The summed E-state index contributed by atoms with van der Waals surface area (Å²) in [7, 11) is 0. The monoisotopic (exact) mass is 418 g/mol. The molecule has 0 saturated heterocycles. The highest BCUT2D eigenvalue weighted by molar-refractivity contribution is 6.32. The fourth-order valence-electron chi connectivity index (χ4n) is 2.83. The van der Waals surface area contributed by atoms with Crippen LogP contribution in [0.3, 0.4) is 0 Å². The summed E-state index contributed by atoms with van der Waals surface area (Å²) in [6.45, 7) is 6.35. The number of esters is 1. The molecule has 0 aliphatic rings. The predicted molar refractivity (Wildman–Crippen MR) is 121 cm³/mol. The van der Waals surface area contributed by atoms with E-state index < -0.39 is 5.97 Å². The number of carbonyl (C=O) groups excluding carboxylic acids is 2. The van der Waals surface area contributed by atoms with E-state index in [0.29, 0.717) is 21.9 Å². The Bertz CT molecular complexity index is 1070. The van der Waals surface area contributed by atoms with Crippen LogP contribution in [0.4, 0.5) is 0 Å². The van der Waals surface area contributed by atoms with E-state index in [1.165, 1.54) is 6.08 Å². The number of carbonyl (C=O) groups is 2. The van der Waals surface area contributed by atoms with Gasteiger partial charge < -0.3 is 4.74 Å². The van der Waals surface area contributed by atoms with Gasteiger partial charge in [-0.3, -0.25) is 4.79 Å². The van der Waals surface area contributed by atoms with Crippen molar-refractivity contribution in [2.75, 3.05) is 0 Å². The standard InChI is InChI=1S/C26H23ClO3/c1-26(2,3)21-13-8-20(9-14-21)25(29)30-22-15-10-19(11-16-22)24(28)17-12-18-6-4-5-7-23(18)27/h4-17H,1-3H3. The van der Waals surface area contributed by atoms with Crippen LogP contribution >= 0.6 is 11.6 Å². The van der Waals surface area contributed by atoms with Gasteiger partial charge in [0.25, 0.3) is 0 Å². The molecule has 0 spiro atoms. The minimum atomic E-state index is -0.437. The SMILES string of the molecule is CC(C)(C)c1ccc(C(=O)Oc2ccc(C(=O)C=Cc3ccccc3Cl)cc2)cc1. The lowest BCUT2D eigenvalue weighted by Gasteiger charge is -2.18. The molecule has 0 heterocycles. The lowest BCUT2D eigenvalue weighted by atomic mass is 9.87. The number of ketones is 1. The van der Waals surface area contributed by atoms with Crippen LogP contribution in [0.25, 0.3) is 6.08 Å². The van der Waals surface area contributed by atoms with Crippen LogP contribution in [0.1, 0.15) is 52.6 Å². The fraction of sp³-hybridized carbons (Fsp3) is 0.154. The zero-order valence-corrected chi connectivity index (χ0v) is 17.9. The molecule has 0 aromatic heterocycles. The maximum Gasteiger partial charge on any atom is 0.343 e. The van der Waals surface area contributed by atoms with Crippen LogP contribution in [0.5, 0.6) is 5.75 Å². The van der Waals surface area contributed by atoms with E-state index in [1.807, 2.05) is 30.3 Å². The van der Waals surface area contributed by atoms with Gasteiger partial charge in [-0.2, -0.15) is 0 Å². The van der Waals surface area contributed by atoms with E-state index in [9.17, 15) is 9.59 Å². The normalized spacial score (nSPS) is 11.5. The highest BCUT2D eigenvalue weighted by atomic mass is 35.5. The Morgan fingerprint density at radius 2 is 1.43 bits per heavy atom. The zero-order chi connectivity index (χ0) is 21.7. The summed E-state index contributed by atoms with van der Waals surface area (Å²) in [6.07, 6.45) is 3.15.